The van der Waals surface area contributed by atoms with E-state index in [0.717, 1.165) is 17.7 Å². The Morgan fingerprint density at radius 2 is 2.09 bits per heavy atom. The molecule has 1 aliphatic heterocycles. The van der Waals surface area contributed by atoms with E-state index in [9.17, 15) is 4.79 Å². The van der Waals surface area contributed by atoms with E-state index in [-0.39, 0.29) is 12.0 Å². The third-order valence-electron chi connectivity index (χ3n) is 3.76. The molecule has 114 valence electrons. The first-order valence-electron chi connectivity index (χ1n) is 7.46. The summed E-state index contributed by atoms with van der Waals surface area (Å²) in [5.41, 5.74) is 2.35. The van der Waals surface area contributed by atoms with Crippen LogP contribution in [0.3, 0.4) is 0 Å². The van der Waals surface area contributed by atoms with Crippen LogP contribution in [0.5, 0.6) is 0 Å². The molecule has 1 atom stereocenters. The Bertz CT molecular complexity index is 628. The van der Waals surface area contributed by atoms with Gasteiger partial charge < -0.3 is 9.64 Å². The van der Waals surface area contributed by atoms with Gasteiger partial charge in [0.15, 0.2) is 0 Å². The van der Waals surface area contributed by atoms with Crippen molar-refractivity contribution in [1.29, 1.82) is 0 Å². The minimum Gasteiger partial charge on any atom is -0.372 e. The van der Waals surface area contributed by atoms with Crippen molar-refractivity contribution in [2.75, 3.05) is 13.1 Å². The summed E-state index contributed by atoms with van der Waals surface area (Å²) in [7, 11) is 0. The molecule has 1 aromatic carbocycles. The molecule has 1 aromatic heterocycles. The van der Waals surface area contributed by atoms with Gasteiger partial charge in [-0.1, -0.05) is 30.3 Å². The third-order valence-corrected chi connectivity index (χ3v) is 3.76. The molecule has 5 heteroatoms. The van der Waals surface area contributed by atoms with Crippen molar-refractivity contribution in [2.45, 2.75) is 26.1 Å². The lowest BCUT2D eigenvalue weighted by Gasteiger charge is -2.16. The quantitative estimate of drug-likeness (QED) is 0.868. The van der Waals surface area contributed by atoms with Crippen LogP contribution < -0.4 is 0 Å². The number of hydrogen-bond acceptors (Lipinski definition) is 4. The van der Waals surface area contributed by atoms with Crippen LogP contribution >= 0.6 is 0 Å². The Kier molecular flexibility index (Phi) is 4.44. The van der Waals surface area contributed by atoms with E-state index in [2.05, 4.69) is 9.97 Å². The van der Waals surface area contributed by atoms with E-state index in [1.165, 1.54) is 6.20 Å². The molecule has 0 bridgehead atoms. The number of benzene rings is 1. The van der Waals surface area contributed by atoms with E-state index in [4.69, 9.17) is 4.74 Å². The maximum absolute atomic E-state index is 12.3. The largest absolute Gasteiger partial charge is 0.372 e. The maximum atomic E-state index is 12.3. The zero-order chi connectivity index (χ0) is 15.4. The second-order valence-corrected chi connectivity index (χ2v) is 5.50. The Balaban J connectivity index is 1.53. The zero-order valence-electron chi connectivity index (χ0n) is 12.6. The van der Waals surface area contributed by atoms with Crippen LogP contribution in [0, 0.1) is 6.92 Å². The normalized spacial score (nSPS) is 17.7. The highest BCUT2D eigenvalue weighted by molar-refractivity contribution is 5.92. The number of nitrogens with zero attached hydrogens (tertiary/aromatic N) is 3. The van der Waals surface area contributed by atoms with Gasteiger partial charge in [0.05, 0.1) is 24.6 Å². The van der Waals surface area contributed by atoms with Crippen LogP contribution in [0.4, 0.5) is 0 Å². The van der Waals surface area contributed by atoms with E-state index in [0.29, 0.717) is 25.4 Å². The third kappa shape index (κ3) is 3.49. The Morgan fingerprint density at radius 1 is 1.27 bits per heavy atom. The van der Waals surface area contributed by atoms with Crippen molar-refractivity contribution in [3.8, 4) is 0 Å². The van der Waals surface area contributed by atoms with Crippen molar-refractivity contribution in [2.24, 2.45) is 0 Å². The van der Waals surface area contributed by atoms with E-state index < -0.39 is 0 Å². The smallest absolute Gasteiger partial charge is 0.274 e. The molecule has 1 fully saturated rings. The fourth-order valence-electron chi connectivity index (χ4n) is 2.50. The summed E-state index contributed by atoms with van der Waals surface area (Å²) in [5, 5.41) is 0. The number of carbonyl (C=O) groups excluding carboxylic acids is 1. The monoisotopic (exact) mass is 297 g/mol. The topological polar surface area (TPSA) is 55.3 Å². The Morgan fingerprint density at radius 3 is 2.82 bits per heavy atom. The van der Waals surface area contributed by atoms with Crippen molar-refractivity contribution in [1.82, 2.24) is 14.9 Å². The maximum Gasteiger partial charge on any atom is 0.274 e. The summed E-state index contributed by atoms with van der Waals surface area (Å²) in [6.45, 7) is 3.75. The van der Waals surface area contributed by atoms with Crippen LogP contribution in [0.1, 0.15) is 28.2 Å². The molecule has 0 saturated carbocycles. The zero-order valence-corrected chi connectivity index (χ0v) is 12.6. The second-order valence-electron chi connectivity index (χ2n) is 5.50. The molecule has 22 heavy (non-hydrogen) atoms. The summed E-state index contributed by atoms with van der Waals surface area (Å²) in [4.78, 5) is 22.4. The van der Waals surface area contributed by atoms with Gasteiger partial charge in [-0.15, -0.1) is 0 Å². The Labute approximate surface area is 130 Å². The standard InChI is InChI=1S/C17H19N3O2/c1-13-9-19-16(10-18-13)17(21)20-8-7-15(11-20)22-12-14-5-3-2-4-6-14/h2-6,9-10,15H,7-8,11-12H2,1H3. The summed E-state index contributed by atoms with van der Waals surface area (Å²) in [6.07, 6.45) is 4.10. The molecular weight excluding hydrogens is 278 g/mol. The van der Waals surface area contributed by atoms with Crippen LogP contribution in [0.2, 0.25) is 0 Å². The molecule has 0 N–H and O–H groups in total. The van der Waals surface area contributed by atoms with Gasteiger partial charge in [-0.3, -0.25) is 9.78 Å². The second kappa shape index (κ2) is 6.66. The predicted octanol–water partition coefficient (Wildman–Crippen LogP) is 2.22. The average molecular weight is 297 g/mol. The highest BCUT2D eigenvalue weighted by Gasteiger charge is 2.28. The molecule has 1 amide bonds. The average Bonchev–Trinajstić information content (AvgIpc) is 3.03. The molecule has 5 nitrogen and oxygen atoms in total. The van der Waals surface area contributed by atoms with Crippen LogP contribution in [-0.2, 0) is 11.3 Å². The SMILES string of the molecule is Cc1cnc(C(=O)N2CCC(OCc3ccccc3)C2)cn1. The predicted molar refractivity (Wildman–Crippen MR) is 82.3 cm³/mol. The number of aromatic nitrogens is 2. The first-order chi connectivity index (χ1) is 10.7. The molecule has 0 aliphatic carbocycles. The number of aryl methyl sites for hydroxylation is 1. The lowest BCUT2D eigenvalue weighted by molar-refractivity contribution is 0.0436. The fraction of sp³-hybridized carbons (Fsp3) is 0.353. The lowest BCUT2D eigenvalue weighted by atomic mass is 10.2. The summed E-state index contributed by atoms with van der Waals surface area (Å²) in [5.74, 6) is -0.0710. The van der Waals surface area contributed by atoms with Crippen molar-refractivity contribution in [3.05, 3.63) is 59.7 Å². The first-order valence-corrected chi connectivity index (χ1v) is 7.46. The summed E-state index contributed by atoms with van der Waals surface area (Å²) < 4.78 is 5.89. The number of rotatable bonds is 4. The lowest BCUT2D eigenvalue weighted by Crippen LogP contribution is -2.30. The van der Waals surface area contributed by atoms with Crippen molar-refractivity contribution in [3.63, 3.8) is 0 Å². The summed E-state index contributed by atoms with van der Waals surface area (Å²) >= 11 is 0. The van der Waals surface area contributed by atoms with Crippen molar-refractivity contribution < 1.29 is 9.53 Å². The first kappa shape index (κ1) is 14.7. The highest BCUT2D eigenvalue weighted by Crippen LogP contribution is 2.16. The molecule has 1 unspecified atom stereocenters. The fourth-order valence-corrected chi connectivity index (χ4v) is 2.50. The van der Waals surface area contributed by atoms with Gasteiger partial charge in [0.1, 0.15) is 5.69 Å². The van der Waals surface area contributed by atoms with E-state index in [1.807, 2.05) is 37.3 Å². The van der Waals surface area contributed by atoms with Gasteiger partial charge in [0.2, 0.25) is 0 Å². The minimum atomic E-state index is -0.0710. The van der Waals surface area contributed by atoms with Gasteiger partial charge in [-0.25, -0.2) is 4.98 Å². The molecule has 2 aromatic rings. The molecular formula is C17H19N3O2. The number of carbonyl (C=O) groups is 1. The van der Waals surface area contributed by atoms with Gasteiger partial charge >= 0.3 is 0 Å². The molecule has 0 radical (unpaired) electrons. The van der Waals surface area contributed by atoms with E-state index >= 15 is 0 Å². The summed E-state index contributed by atoms with van der Waals surface area (Å²) in [6, 6.07) is 10.1. The molecule has 1 aliphatic rings. The molecule has 1 saturated heterocycles. The Hall–Kier alpha value is -2.27. The van der Waals surface area contributed by atoms with Crippen molar-refractivity contribution >= 4 is 5.91 Å². The number of hydrogen-bond donors (Lipinski definition) is 0. The van der Waals surface area contributed by atoms with Gasteiger partial charge in [-0.05, 0) is 18.9 Å². The number of likely N-dealkylation sites (tertiary alicyclic amines) is 1. The molecule has 3 rings (SSSR count). The van der Waals surface area contributed by atoms with Crippen LogP contribution in [0.15, 0.2) is 42.7 Å². The van der Waals surface area contributed by atoms with Gasteiger partial charge in [0, 0.05) is 19.3 Å². The number of ether oxygens (including phenoxy) is 1. The minimum absolute atomic E-state index is 0.0710. The molecule has 2 heterocycles. The number of amides is 1. The van der Waals surface area contributed by atoms with Crippen LogP contribution in [0.25, 0.3) is 0 Å². The molecule has 0 spiro atoms. The van der Waals surface area contributed by atoms with Gasteiger partial charge in [-0.2, -0.15) is 0 Å². The van der Waals surface area contributed by atoms with E-state index in [1.54, 1.807) is 11.1 Å². The van der Waals surface area contributed by atoms with Gasteiger partial charge in [0.25, 0.3) is 5.91 Å². The highest BCUT2D eigenvalue weighted by atomic mass is 16.5. The van der Waals surface area contributed by atoms with Crippen LogP contribution in [-0.4, -0.2) is 40.0 Å².